The van der Waals surface area contributed by atoms with E-state index >= 15 is 0 Å². The third kappa shape index (κ3) is 3.53. The van der Waals surface area contributed by atoms with Crippen molar-refractivity contribution in [2.45, 2.75) is 0 Å². The standard InChI is InChI=1S/C43H23N3S/c1-3-10-30-28(8-1)29-9-2-4-11-31(29)35-20-39-36(19-34(30)35)43-40(47-39)18-27(21-45-43)37-22-44-23-38(46-37)32-16-14-26-13-12-24-6-5-7-25-15-17-33(32)42(26)41(24)25/h1-23H. The summed E-state index contributed by atoms with van der Waals surface area (Å²) in [6, 6.07) is 44.2. The van der Waals surface area contributed by atoms with E-state index in [2.05, 4.69) is 126 Å². The fraction of sp³-hybridized carbons (Fsp3) is 0. The molecule has 0 fully saturated rings. The normalized spacial score (nSPS) is 12.3. The van der Waals surface area contributed by atoms with Crippen LogP contribution in [0.25, 0.3) is 107 Å². The summed E-state index contributed by atoms with van der Waals surface area (Å²) in [6.07, 6.45) is 5.68. The van der Waals surface area contributed by atoms with Gasteiger partial charge in [-0.25, -0.2) is 4.98 Å². The lowest BCUT2D eigenvalue weighted by Gasteiger charge is -2.14. The van der Waals surface area contributed by atoms with Gasteiger partial charge in [-0.2, -0.15) is 0 Å². The van der Waals surface area contributed by atoms with Crippen molar-refractivity contribution in [2.24, 2.45) is 0 Å². The molecule has 216 valence electrons. The number of hydrogen-bond acceptors (Lipinski definition) is 4. The van der Waals surface area contributed by atoms with Crippen molar-refractivity contribution in [2.75, 3.05) is 0 Å². The lowest BCUT2D eigenvalue weighted by atomic mass is 9.91. The number of aromatic nitrogens is 3. The highest BCUT2D eigenvalue weighted by molar-refractivity contribution is 7.25. The van der Waals surface area contributed by atoms with Crippen LogP contribution in [0.1, 0.15) is 0 Å². The van der Waals surface area contributed by atoms with E-state index in [0.29, 0.717) is 0 Å². The van der Waals surface area contributed by atoms with Crippen LogP contribution in [-0.2, 0) is 0 Å². The van der Waals surface area contributed by atoms with Crippen molar-refractivity contribution in [3.63, 3.8) is 0 Å². The molecule has 0 N–H and O–H groups in total. The molecule has 0 aliphatic rings. The summed E-state index contributed by atoms with van der Waals surface area (Å²) in [5.41, 5.74) is 4.77. The number of benzene rings is 8. The third-order valence-electron chi connectivity index (χ3n) is 9.91. The first-order valence-corrected chi connectivity index (χ1v) is 16.6. The Balaban J connectivity index is 1.09. The van der Waals surface area contributed by atoms with Crippen LogP contribution in [-0.4, -0.2) is 15.0 Å². The molecule has 8 aromatic carbocycles. The second kappa shape index (κ2) is 9.29. The van der Waals surface area contributed by atoms with Crippen LogP contribution in [0, 0.1) is 0 Å². The smallest absolute Gasteiger partial charge is 0.0908 e. The maximum atomic E-state index is 5.17. The van der Waals surface area contributed by atoms with Gasteiger partial charge in [0.25, 0.3) is 0 Å². The molecule has 3 heterocycles. The van der Waals surface area contributed by atoms with Gasteiger partial charge in [0.05, 0.1) is 34.0 Å². The molecule has 0 bridgehead atoms. The van der Waals surface area contributed by atoms with Gasteiger partial charge in [0.2, 0.25) is 0 Å². The van der Waals surface area contributed by atoms with Crippen molar-refractivity contribution in [3.8, 4) is 22.5 Å². The molecule has 3 nitrogen and oxygen atoms in total. The number of hydrogen-bond donors (Lipinski definition) is 0. The number of thiophene rings is 1. The van der Waals surface area contributed by atoms with Gasteiger partial charge >= 0.3 is 0 Å². The molecule has 0 atom stereocenters. The highest BCUT2D eigenvalue weighted by Gasteiger charge is 2.16. The Labute approximate surface area is 272 Å². The minimum Gasteiger partial charge on any atom is -0.260 e. The second-order valence-electron chi connectivity index (χ2n) is 12.4. The largest absolute Gasteiger partial charge is 0.260 e. The average molecular weight is 614 g/mol. The molecule has 11 aromatic rings. The minimum atomic E-state index is 0.821. The van der Waals surface area contributed by atoms with Crippen LogP contribution in [0.15, 0.2) is 140 Å². The van der Waals surface area contributed by atoms with E-state index in [9.17, 15) is 0 Å². The van der Waals surface area contributed by atoms with Gasteiger partial charge in [0.15, 0.2) is 0 Å². The van der Waals surface area contributed by atoms with Gasteiger partial charge < -0.3 is 0 Å². The molecular formula is C43H23N3S. The van der Waals surface area contributed by atoms with Crippen molar-refractivity contribution in [1.82, 2.24) is 15.0 Å². The first-order valence-electron chi connectivity index (χ1n) is 15.8. The van der Waals surface area contributed by atoms with E-state index in [-0.39, 0.29) is 0 Å². The fourth-order valence-electron chi connectivity index (χ4n) is 7.78. The first kappa shape index (κ1) is 25.2. The van der Waals surface area contributed by atoms with E-state index in [1.165, 1.54) is 74.7 Å². The van der Waals surface area contributed by atoms with Gasteiger partial charge in [-0.05, 0) is 82.8 Å². The molecule has 0 saturated carbocycles. The summed E-state index contributed by atoms with van der Waals surface area (Å²) in [5, 5.41) is 16.4. The molecule has 3 aromatic heterocycles. The molecule has 0 saturated heterocycles. The van der Waals surface area contributed by atoms with E-state index in [1.54, 1.807) is 11.3 Å². The lowest BCUT2D eigenvalue weighted by Crippen LogP contribution is -1.93. The van der Waals surface area contributed by atoms with E-state index < -0.39 is 0 Å². The number of rotatable bonds is 2. The van der Waals surface area contributed by atoms with Gasteiger partial charge in [0.1, 0.15) is 0 Å². The van der Waals surface area contributed by atoms with Crippen LogP contribution in [0.4, 0.5) is 0 Å². The topological polar surface area (TPSA) is 38.7 Å². The molecular weight excluding hydrogens is 591 g/mol. The molecule has 0 amide bonds. The summed E-state index contributed by atoms with van der Waals surface area (Å²) < 4.78 is 2.39. The molecule has 47 heavy (non-hydrogen) atoms. The third-order valence-corrected chi connectivity index (χ3v) is 11.0. The Hall–Kier alpha value is -5.97. The predicted octanol–water partition coefficient (Wildman–Crippen LogP) is 11.9. The summed E-state index contributed by atoms with van der Waals surface area (Å²) in [5.74, 6) is 0. The summed E-state index contributed by atoms with van der Waals surface area (Å²) >= 11 is 1.80. The van der Waals surface area contributed by atoms with Gasteiger partial charge in [-0.1, -0.05) is 103 Å². The average Bonchev–Trinajstić information content (AvgIpc) is 3.50. The number of pyridine rings is 1. The van der Waals surface area contributed by atoms with Crippen LogP contribution in [0.5, 0.6) is 0 Å². The van der Waals surface area contributed by atoms with E-state index in [0.717, 1.165) is 32.7 Å². The van der Waals surface area contributed by atoms with Crippen LogP contribution in [0.3, 0.4) is 0 Å². The van der Waals surface area contributed by atoms with E-state index in [1.807, 2.05) is 18.6 Å². The molecule has 0 aliphatic heterocycles. The Morgan fingerprint density at radius 2 is 1.06 bits per heavy atom. The summed E-state index contributed by atoms with van der Waals surface area (Å²) in [4.78, 5) is 14.9. The Morgan fingerprint density at radius 3 is 1.83 bits per heavy atom. The second-order valence-corrected chi connectivity index (χ2v) is 13.5. The Morgan fingerprint density at radius 1 is 0.426 bits per heavy atom. The maximum Gasteiger partial charge on any atom is 0.0908 e. The number of fused-ring (bicyclic) bond motifs is 9. The maximum absolute atomic E-state index is 5.17. The quantitative estimate of drug-likeness (QED) is 0.182. The molecule has 11 rings (SSSR count). The Bertz CT molecular complexity index is 3070. The van der Waals surface area contributed by atoms with Crippen LogP contribution >= 0.6 is 11.3 Å². The monoisotopic (exact) mass is 613 g/mol. The van der Waals surface area contributed by atoms with Crippen molar-refractivity contribution >= 4 is 96.3 Å². The van der Waals surface area contributed by atoms with Gasteiger partial charge in [-0.15, -0.1) is 11.3 Å². The highest BCUT2D eigenvalue weighted by atomic mass is 32.1. The van der Waals surface area contributed by atoms with E-state index in [4.69, 9.17) is 9.97 Å². The fourth-order valence-corrected chi connectivity index (χ4v) is 8.90. The summed E-state index contributed by atoms with van der Waals surface area (Å²) in [6.45, 7) is 0. The Kier molecular flexibility index (Phi) is 4.99. The summed E-state index contributed by atoms with van der Waals surface area (Å²) in [7, 11) is 0. The lowest BCUT2D eigenvalue weighted by molar-refractivity contribution is 1.21. The number of nitrogens with zero attached hydrogens (tertiary/aromatic N) is 3. The molecule has 4 heteroatoms. The van der Waals surface area contributed by atoms with Crippen molar-refractivity contribution in [1.29, 1.82) is 0 Å². The van der Waals surface area contributed by atoms with Gasteiger partial charge in [0, 0.05) is 27.4 Å². The SMILES string of the molecule is c1cc2ccc3ccc(-c4cncc(-c5cnc6c(c5)sc5cc7c8ccccc8c8ccccc8c7cc56)n4)c4ccc(c1)c2c34. The van der Waals surface area contributed by atoms with Crippen LogP contribution < -0.4 is 0 Å². The van der Waals surface area contributed by atoms with Crippen molar-refractivity contribution in [3.05, 3.63) is 140 Å². The zero-order valence-corrected chi connectivity index (χ0v) is 25.8. The predicted molar refractivity (Wildman–Crippen MR) is 200 cm³/mol. The highest BCUT2D eigenvalue weighted by Crippen LogP contribution is 2.43. The minimum absolute atomic E-state index is 0.821. The first-order chi connectivity index (χ1) is 23.3. The molecule has 0 aliphatic carbocycles. The zero-order valence-electron chi connectivity index (χ0n) is 25.0. The molecule has 0 spiro atoms. The van der Waals surface area contributed by atoms with Gasteiger partial charge in [-0.3, -0.25) is 9.97 Å². The molecule has 0 radical (unpaired) electrons. The zero-order chi connectivity index (χ0) is 30.6. The van der Waals surface area contributed by atoms with Crippen LogP contribution in [0.2, 0.25) is 0 Å². The molecule has 0 unspecified atom stereocenters. The van der Waals surface area contributed by atoms with Crippen molar-refractivity contribution < 1.29 is 0 Å².